The second-order valence-electron chi connectivity index (χ2n) is 5.34. The molecule has 0 aliphatic carbocycles. The molecule has 2 heterocycles. The SMILES string of the molecule is Cc1c(C(=O)N2CCC(N)C2)cnn1-c1cccc(Br)c1. The van der Waals surface area contributed by atoms with Gasteiger partial charge in [-0.1, -0.05) is 22.0 Å². The third kappa shape index (κ3) is 2.73. The Kier molecular flexibility index (Phi) is 3.82. The molecule has 2 N–H and O–H groups in total. The number of halogens is 1. The number of benzene rings is 1. The molecule has 1 aromatic heterocycles. The van der Waals surface area contributed by atoms with Crippen molar-refractivity contribution in [3.63, 3.8) is 0 Å². The zero-order valence-electron chi connectivity index (χ0n) is 11.8. The summed E-state index contributed by atoms with van der Waals surface area (Å²) in [7, 11) is 0. The van der Waals surface area contributed by atoms with Gasteiger partial charge in [-0.15, -0.1) is 0 Å². The van der Waals surface area contributed by atoms with Crippen LogP contribution in [0.2, 0.25) is 0 Å². The molecule has 1 aromatic carbocycles. The molecule has 1 aliphatic heterocycles. The van der Waals surface area contributed by atoms with E-state index < -0.39 is 0 Å². The predicted octanol–water partition coefficient (Wildman–Crippen LogP) is 2.12. The van der Waals surface area contributed by atoms with Crippen molar-refractivity contribution in [1.82, 2.24) is 14.7 Å². The third-order valence-corrected chi connectivity index (χ3v) is 4.30. The predicted molar refractivity (Wildman–Crippen MR) is 84.5 cm³/mol. The zero-order chi connectivity index (χ0) is 15.0. The molecule has 1 fully saturated rings. The lowest BCUT2D eigenvalue weighted by Gasteiger charge is -2.15. The fraction of sp³-hybridized carbons (Fsp3) is 0.333. The largest absolute Gasteiger partial charge is 0.337 e. The Morgan fingerprint density at radius 3 is 2.95 bits per heavy atom. The first-order chi connectivity index (χ1) is 10.1. The number of hydrogen-bond acceptors (Lipinski definition) is 3. The fourth-order valence-electron chi connectivity index (χ4n) is 2.63. The number of amides is 1. The first kappa shape index (κ1) is 14.3. The highest BCUT2D eigenvalue weighted by Gasteiger charge is 2.27. The maximum atomic E-state index is 12.5. The summed E-state index contributed by atoms with van der Waals surface area (Å²) in [6.45, 7) is 3.26. The van der Waals surface area contributed by atoms with Gasteiger partial charge in [-0.25, -0.2) is 4.68 Å². The number of aromatic nitrogens is 2. The van der Waals surface area contributed by atoms with Crippen molar-refractivity contribution >= 4 is 21.8 Å². The topological polar surface area (TPSA) is 64.2 Å². The standard InChI is InChI=1S/C15H17BrN4O/c1-10-14(15(21)19-6-5-12(17)9-19)8-18-20(10)13-4-2-3-11(16)7-13/h2-4,7-8,12H,5-6,9,17H2,1H3. The van der Waals surface area contributed by atoms with Gasteiger partial charge in [-0.05, 0) is 31.5 Å². The number of carbonyl (C=O) groups is 1. The van der Waals surface area contributed by atoms with E-state index in [0.717, 1.165) is 28.8 Å². The highest BCUT2D eigenvalue weighted by Crippen LogP contribution is 2.20. The summed E-state index contributed by atoms with van der Waals surface area (Å²) < 4.78 is 2.77. The molecule has 1 saturated heterocycles. The monoisotopic (exact) mass is 348 g/mol. The Labute approximate surface area is 131 Å². The fourth-order valence-corrected chi connectivity index (χ4v) is 3.02. The number of likely N-dealkylation sites (tertiary alicyclic amines) is 1. The minimum absolute atomic E-state index is 0.0155. The quantitative estimate of drug-likeness (QED) is 0.903. The molecule has 5 nitrogen and oxygen atoms in total. The van der Waals surface area contributed by atoms with Gasteiger partial charge < -0.3 is 10.6 Å². The molecule has 6 heteroatoms. The van der Waals surface area contributed by atoms with Crippen LogP contribution in [-0.4, -0.2) is 39.7 Å². The Balaban J connectivity index is 1.91. The van der Waals surface area contributed by atoms with E-state index in [-0.39, 0.29) is 11.9 Å². The lowest BCUT2D eigenvalue weighted by atomic mass is 10.2. The zero-order valence-corrected chi connectivity index (χ0v) is 13.4. The van der Waals surface area contributed by atoms with Gasteiger partial charge in [0.2, 0.25) is 0 Å². The molecule has 3 rings (SSSR count). The average Bonchev–Trinajstić information content (AvgIpc) is 3.04. The summed E-state index contributed by atoms with van der Waals surface area (Å²) in [5, 5.41) is 4.36. The summed E-state index contributed by atoms with van der Waals surface area (Å²) in [6, 6.07) is 7.93. The third-order valence-electron chi connectivity index (χ3n) is 3.80. The maximum absolute atomic E-state index is 12.5. The lowest BCUT2D eigenvalue weighted by molar-refractivity contribution is 0.0790. The molecule has 21 heavy (non-hydrogen) atoms. The molecule has 1 atom stereocenters. The minimum Gasteiger partial charge on any atom is -0.337 e. The molecule has 0 radical (unpaired) electrons. The van der Waals surface area contributed by atoms with Gasteiger partial charge in [0.1, 0.15) is 0 Å². The van der Waals surface area contributed by atoms with Crippen molar-refractivity contribution in [3.05, 3.63) is 46.2 Å². The van der Waals surface area contributed by atoms with Crippen molar-refractivity contribution in [2.24, 2.45) is 5.73 Å². The van der Waals surface area contributed by atoms with Crippen LogP contribution in [0.1, 0.15) is 22.5 Å². The van der Waals surface area contributed by atoms with Gasteiger partial charge in [-0.2, -0.15) is 5.10 Å². The Morgan fingerprint density at radius 2 is 2.29 bits per heavy atom. The van der Waals surface area contributed by atoms with Gasteiger partial charge >= 0.3 is 0 Å². The first-order valence-electron chi connectivity index (χ1n) is 6.91. The molecular formula is C15H17BrN4O. The molecule has 2 aromatic rings. The Bertz CT molecular complexity index is 682. The second-order valence-corrected chi connectivity index (χ2v) is 6.25. The molecule has 0 spiro atoms. The summed E-state index contributed by atoms with van der Waals surface area (Å²) >= 11 is 3.45. The average molecular weight is 349 g/mol. The molecular weight excluding hydrogens is 332 g/mol. The normalized spacial score (nSPS) is 18.2. The van der Waals surface area contributed by atoms with Crippen molar-refractivity contribution < 1.29 is 4.79 Å². The van der Waals surface area contributed by atoms with E-state index in [9.17, 15) is 4.79 Å². The van der Waals surface area contributed by atoms with Crippen molar-refractivity contribution in [1.29, 1.82) is 0 Å². The van der Waals surface area contributed by atoms with Crippen LogP contribution in [0.5, 0.6) is 0 Å². The van der Waals surface area contributed by atoms with Gasteiger partial charge in [0, 0.05) is 23.6 Å². The van der Waals surface area contributed by atoms with Crippen molar-refractivity contribution in [2.45, 2.75) is 19.4 Å². The van der Waals surface area contributed by atoms with Crippen LogP contribution in [0.15, 0.2) is 34.9 Å². The number of nitrogens with two attached hydrogens (primary N) is 1. The number of hydrogen-bond donors (Lipinski definition) is 1. The highest BCUT2D eigenvalue weighted by atomic mass is 79.9. The smallest absolute Gasteiger partial charge is 0.257 e. The van der Waals surface area contributed by atoms with Crippen LogP contribution in [0.25, 0.3) is 5.69 Å². The molecule has 1 unspecified atom stereocenters. The van der Waals surface area contributed by atoms with Gasteiger partial charge in [0.05, 0.1) is 23.1 Å². The van der Waals surface area contributed by atoms with Gasteiger partial charge in [0.15, 0.2) is 0 Å². The summed E-state index contributed by atoms with van der Waals surface area (Å²) in [5.41, 5.74) is 8.29. The molecule has 1 aliphatic rings. The van der Waals surface area contributed by atoms with E-state index in [4.69, 9.17) is 5.73 Å². The van der Waals surface area contributed by atoms with Crippen molar-refractivity contribution in [3.8, 4) is 5.69 Å². The molecule has 0 saturated carbocycles. The van der Waals surface area contributed by atoms with Crippen LogP contribution in [0.3, 0.4) is 0 Å². The van der Waals surface area contributed by atoms with Crippen LogP contribution in [0.4, 0.5) is 0 Å². The lowest BCUT2D eigenvalue weighted by Crippen LogP contribution is -2.32. The Hall–Kier alpha value is -1.66. The molecule has 110 valence electrons. The van der Waals surface area contributed by atoms with E-state index in [1.807, 2.05) is 31.2 Å². The summed E-state index contributed by atoms with van der Waals surface area (Å²) in [5.74, 6) is 0.0155. The van der Waals surface area contributed by atoms with Crippen LogP contribution < -0.4 is 5.73 Å². The summed E-state index contributed by atoms with van der Waals surface area (Å²) in [6.07, 6.45) is 2.51. The van der Waals surface area contributed by atoms with Crippen LogP contribution in [0, 0.1) is 6.92 Å². The van der Waals surface area contributed by atoms with Gasteiger partial charge in [-0.3, -0.25) is 4.79 Å². The van der Waals surface area contributed by atoms with E-state index >= 15 is 0 Å². The first-order valence-corrected chi connectivity index (χ1v) is 7.71. The van der Waals surface area contributed by atoms with Crippen molar-refractivity contribution in [2.75, 3.05) is 13.1 Å². The maximum Gasteiger partial charge on any atom is 0.257 e. The van der Waals surface area contributed by atoms with Crippen LogP contribution in [-0.2, 0) is 0 Å². The van der Waals surface area contributed by atoms with E-state index in [1.165, 1.54) is 0 Å². The number of carbonyl (C=O) groups excluding carboxylic acids is 1. The molecule has 0 bridgehead atoms. The Morgan fingerprint density at radius 1 is 1.48 bits per heavy atom. The van der Waals surface area contributed by atoms with E-state index in [1.54, 1.807) is 15.8 Å². The van der Waals surface area contributed by atoms with E-state index in [0.29, 0.717) is 12.1 Å². The minimum atomic E-state index is 0.0155. The number of nitrogens with zero attached hydrogens (tertiary/aromatic N) is 3. The molecule has 1 amide bonds. The van der Waals surface area contributed by atoms with Crippen LogP contribution >= 0.6 is 15.9 Å². The number of rotatable bonds is 2. The van der Waals surface area contributed by atoms with E-state index in [2.05, 4.69) is 21.0 Å². The summed E-state index contributed by atoms with van der Waals surface area (Å²) in [4.78, 5) is 14.3. The highest BCUT2D eigenvalue weighted by molar-refractivity contribution is 9.10. The second kappa shape index (κ2) is 5.61. The van der Waals surface area contributed by atoms with Gasteiger partial charge in [0.25, 0.3) is 5.91 Å².